The van der Waals surface area contributed by atoms with Crippen LogP contribution < -0.4 is 5.56 Å². The van der Waals surface area contributed by atoms with Crippen LogP contribution in [0.5, 0.6) is 0 Å². The lowest BCUT2D eigenvalue weighted by molar-refractivity contribution is -0.00111. The number of ether oxygens (including phenoxy) is 1. The second kappa shape index (κ2) is 5.76. The summed E-state index contributed by atoms with van der Waals surface area (Å²) in [6, 6.07) is 1.91. The van der Waals surface area contributed by atoms with Gasteiger partial charge in [-0.25, -0.2) is 4.68 Å². The highest BCUT2D eigenvalue weighted by atomic mass is 16.5. The van der Waals surface area contributed by atoms with Crippen LogP contribution in [0, 0.1) is 5.92 Å². The molecule has 0 saturated carbocycles. The van der Waals surface area contributed by atoms with Gasteiger partial charge in [-0.3, -0.25) is 9.69 Å². The Hall–Kier alpha value is -1.24. The lowest BCUT2D eigenvalue weighted by Gasteiger charge is -2.43. The average molecular weight is 305 g/mol. The number of likely N-dealkylation sites (tertiary alicyclic amines) is 1. The summed E-state index contributed by atoms with van der Waals surface area (Å²) in [4.78, 5) is 14.4. The number of hydrogen-bond acceptors (Lipinski definition) is 5. The summed E-state index contributed by atoms with van der Waals surface area (Å²) in [6.45, 7) is 3.57. The van der Waals surface area contributed by atoms with Gasteiger partial charge in [-0.2, -0.15) is 5.10 Å². The van der Waals surface area contributed by atoms with Crippen LogP contribution in [0.2, 0.25) is 0 Å². The molecule has 2 atom stereocenters. The summed E-state index contributed by atoms with van der Waals surface area (Å²) in [5.74, 6) is 0.444. The van der Waals surface area contributed by atoms with Gasteiger partial charge >= 0.3 is 0 Å². The van der Waals surface area contributed by atoms with Gasteiger partial charge < -0.3 is 9.84 Å². The van der Waals surface area contributed by atoms with Crippen molar-refractivity contribution in [2.24, 2.45) is 5.92 Å². The molecule has 0 bridgehead atoms. The third kappa shape index (κ3) is 2.59. The lowest BCUT2D eigenvalue weighted by Crippen LogP contribution is -2.57. The molecule has 2 saturated heterocycles. The Morgan fingerprint density at radius 2 is 2.09 bits per heavy atom. The second-order valence-corrected chi connectivity index (χ2v) is 6.84. The molecule has 3 heterocycles. The zero-order chi connectivity index (χ0) is 15.1. The smallest absolute Gasteiger partial charge is 0.267 e. The number of hydrogen-bond donors (Lipinski definition) is 1. The number of nitrogens with zero attached hydrogens (tertiary/aromatic N) is 3. The van der Waals surface area contributed by atoms with Crippen LogP contribution in [0.1, 0.15) is 24.1 Å². The van der Waals surface area contributed by atoms with Crippen molar-refractivity contribution in [2.45, 2.75) is 44.4 Å². The highest BCUT2D eigenvalue weighted by Crippen LogP contribution is 2.24. The summed E-state index contributed by atoms with van der Waals surface area (Å²) >= 11 is 0. The molecular formula is C16H23N3O3. The van der Waals surface area contributed by atoms with Gasteiger partial charge in [0.15, 0.2) is 0 Å². The molecule has 1 aromatic rings. The normalized spacial score (nSPS) is 29.3. The fourth-order valence-electron chi connectivity index (χ4n) is 3.85. The maximum Gasteiger partial charge on any atom is 0.267 e. The van der Waals surface area contributed by atoms with E-state index in [-0.39, 0.29) is 17.7 Å². The van der Waals surface area contributed by atoms with Gasteiger partial charge in [0.05, 0.1) is 37.6 Å². The summed E-state index contributed by atoms with van der Waals surface area (Å²) in [5, 5.41) is 14.4. The predicted molar refractivity (Wildman–Crippen MR) is 80.8 cm³/mol. The Balaban J connectivity index is 1.40. The molecule has 0 radical (unpaired) electrons. The molecule has 1 N–H and O–H groups in total. The van der Waals surface area contributed by atoms with Crippen LogP contribution in [0.3, 0.4) is 0 Å². The first-order valence-corrected chi connectivity index (χ1v) is 8.30. The average Bonchev–Trinajstić information content (AvgIpc) is 2.88. The van der Waals surface area contributed by atoms with Gasteiger partial charge in [0, 0.05) is 25.1 Å². The minimum atomic E-state index is -0.370. The van der Waals surface area contributed by atoms with Gasteiger partial charge in [0.25, 0.3) is 5.56 Å². The van der Waals surface area contributed by atoms with E-state index < -0.39 is 0 Å². The Morgan fingerprint density at radius 1 is 1.27 bits per heavy atom. The highest BCUT2D eigenvalue weighted by molar-refractivity contribution is 5.20. The van der Waals surface area contributed by atoms with Crippen molar-refractivity contribution >= 4 is 0 Å². The van der Waals surface area contributed by atoms with Gasteiger partial charge in [0.1, 0.15) is 0 Å². The van der Waals surface area contributed by atoms with Crippen molar-refractivity contribution in [1.82, 2.24) is 14.7 Å². The van der Waals surface area contributed by atoms with E-state index in [1.165, 1.54) is 12.8 Å². The highest BCUT2D eigenvalue weighted by Gasteiger charge is 2.39. The van der Waals surface area contributed by atoms with Crippen molar-refractivity contribution < 1.29 is 9.84 Å². The van der Waals surface area contributed by atoms with Crippen LogP contribution in [-0.4, -0.2) is 58.2 Å². The summed E-state index contributed by atoms with van der Waals surface area (Å²) < 4.78 is 6.95. The molecule has 3 aliphatic rings. The van der Waals surface area contributed by atoms with Crippen LogP contribution in [0.15, 0.2) is 10.9 Å². The molecule has 120 valence electrons. The molecule has 0 aromatic carbocycles. The third-order valence-electron chi connectivity index (χ3n) is 5.18. The van der Waals surface area contributed by atoms with Crippen molar-refractivity contribution in [1.29, 1.82) is 0 Å². The van der Waals surface area contributed by atoms with Crippen LogP contribution >= 0.6 is 0 Å². The van der Waals surface area contributed by atoms with Gasteiger partial charge in [-0.05, 0) is 31.2 Å². The summed E-state index contributed by atoms with van der Waals surface area (Å²) in [5.41, 5.74) is 2.29. The van der Waals surface area contributed by atoms with Crippen molar-refractivity contribution in [3.63, 3.8) is 0 Å². The monoisotopic (exact) mass is 305 g/mol. The molecule has 2 aliphatic heterocycles. The van der Waals surface area contributed by atoms with E-state index in [4.69, 9.17) is 4.74 Å². The second-order valence-electron chi connectivity index (χ2n) is 6.84. The lowest BCUT2D eigenvalue weighted by atomic mass is 9.95. The quantitative estimate of drug-likeness (QED) is 0.839. The molecule has 1 aliphatic carbocycles. The number of fused-ring (bicyclic) bond motifs is 1. The van der Waals surface area contributed by atoms with E-state index >= 15 is 0 Å². The van der Waals surface area contributed by atoms with Crippen LogP contribution in [0.25, 0.3) is 0 Å². The molecule has 2 unspecified atom stereocenters. The molecular weight excluding hydrogens is 282 g/mol. The number of aliphatic hydroxyl groups excluding tert-OH is 1. The first kappa shape index (κ1) is 14.4. The minimum absolute atomic E-state index is 0.0309. The number of rotatable bonds is 3. The molecule has 1 aromatic heterocycles. The molecule has 0 amide bonds. The largest absolute Gasteiger partial charge is 0.389 e. The SMILES string of the molecule is O=c1cc2c(nn1CC1CN(C3COCC3O)C1)CCCC2. The van der Waals surface area contributed by atoms with E-state index in [1.54, 1.807) is 10.7 Å². The molecule has 4 rings (SSSR count). The van der Waals surface area contributed by atoms with E-state index in [0.717, 1.165) is 37.2 Å². The molecule has 6 nitrogen and oxygen atoms in total. The summed E-state index contributed by atoms with van der Waals surface area (Å²) in [7, 11) is 0. The first-order valence-electron chi connectivity index (χ1n) is 8.30. The van der Waals surface area contributed by atoms with Crippen molar-refractivity contribution in [3.8, 4) is 0 Å². The van der Waals surface area contributed by atoms with Gasteiger partial charge in [-0.1, -0.05) is 0 Å². The van der Waals surface area contributed by atoms with Crippen LogP contribution in [0.4, 0.5) is 0 Å². The molecule has 2 fully saturated rings. The molecule has 0 spiro atoms. The van der Waals surface area contributed by atoms with Crippen molar-refractivity contribution in [2.75, 3.05) is 26.3 Å². The van der Waals surface area contributed by atoms with Gasteiger partial charge in [0.2, 0.25) is 0 Å². The third-order valence-corrected chi connectivity index (χ3v) is 5.18. The van der Waals surface area contributed by atoms with Gasteiger partial charge in [-0.15, -0.1) is 0 Å². The number of aryl methyl sites for hydroxylation is 2. The Morgan fingerprint density at radius 3 is 2.86 bits per heavy atom. The fraction of sp³-hybridized carbons (Fsp3) is 0.750. The zero-order valence-electron chi connectivity index (χ0n) is 12.8. The predicted octanol–water partition coefficient (Wildman–Crippen LogP) is -0.186. The topological polar surface area (TPSA) is 67.6 Å². The maximum atomic E-state index is 12.2. The minimum Gasteiger partial charge on any atom is -0.389 e. The van der Waals surface area contributed by atoms with E-state index in [0.29, 0.717) is 25.7 Å². The maximum absolute atomic E-state index is 12.2. The van der Waals surface area contributed by atoms with E-state index in [9.17, 15) is 9.90 Å². The fourth-order valence-corrected chi connectivity index (χ4v) is 3.85. The van der Waals surface area contributed by atoms with E-state index in [2.05, 4.69) is 10.00 Å². The molecule has 6 heteroatoms. The number of aromatic nitrogens is 2. The Bertz CT molecular complexity index is 609. The Kier molecular flexibility index (Phi) is 3.76. The molecule has 22 heavy (non-hydrogen) atoms. The summed E-state index contributed by atoms with van der Waals surface area (Å²) in [6.07, 6.45) is 3.97. The standard InChI is InChI=1S/C16H23N3O3/c20-15-10-22-9-14(15)18-6-11(7-18)8-19-16(21)5-12-3-1-2-4-13(12)17-19/h5,11,14-15,20H,1-4,6-10H2. The Labute approximate surface area is 129 Å². The van der Waals surface area contributed by atoms with Crippen LogP contribution in [-0.2, 0) is 24.1 Å². The number of aliphatic hydroxyl groups is 1. The first-order chi connectivity index (χ1) is 10.7. The van der Waals surface area contributed by atoms with E-state index in [1.807, 2.05) is 0 Å². The zero-order valence-corrected chi connectivity index (χ0v) is 12.8. The van der Waals surface area contributed by atoms with Crippen molar-refractivity contribution in [3.05, 3.63) is 27.7 Å².